The monoisotopic (exact) mass is 214 g/mol. The minimum atomic E-state index is -0.162. The zero-order valence-electron chi connectivity index (χ0n) is 10.4. The van der Waals surface area contributed by atoms with Crippen molar-refractivity contribution in [2.45, 2.75) is 57.7 Å². The summed E-state index contributed by atoms with van der Waals surface area (Å²) in [6, 6.07) is 1.27. The van der Waals surface area contributed by atoms with E-state index in [-0.39, 0.29) is 6.10 Å². The summed E-state index contributed by atoms with van der Waals surface area (Å²) in [5.74, 6) is 0. The maximum atomic E-state index is 9.62. The highest BCUT2D eigenvalue weighted by molar-refractivity contribution is 4.81. The molecule has 0 spiro atoms. The van der Waals surface area contributed by atoms with Crippen LogP contribution in [0.1, 0.15) is 39.5 Å². The predicted molar refractivity (Wildman–Crippen MR) is 64.0 cm³/mol. The van der Waals surface area contributed by atoms with Crippen LogP contribution in [-0.4, -0.2) is 48.3 Å². The SMILES string of the molecule is CCCC(O)CNC1CCN(C)C(C)C1. The van der Waals surface area contributed by atoms with Crippen molar-refractivity contribution in [3.05, 3.63) is 0 Å². The number of aliphatic hydroxyl groups is 1. The molecule has 0 aromatic carbocycles. The van der Waals surface area contributed by atoms with Gasteiger partial charge in [0.05, 0.1) is 6.10 Å². The van der Waals surface area contributed by atoms with E-state index in [4.69, 9.17) is 0 Å². The lowest BCUT2D eigenvalue weighted by Gasteiger charge is -2.35. The van der Waals surface area contributed by atoms with E-state index in [2.05, 4.69) is 31.1 Å². The van der Waals surface area contributed by atoms with Crippen molar-refractivity contribution in [1.82, 2.24) is 10.2 Å². The molecule has 0 radical (unpaired) electrons. The van der Waals surface area contributed by atoms with Crippen molar-refractivity contribution in [3.63, 3.8) is 0 Å². The van der Waals surface area contributed by atoms with Crippen molar-refractivity contribution in [2.75, 3.05) is 20.1 Å². The van der Waals surface area contributed by atoms with Crippen molar-refractivity contribution in [3.8, 4) is 0 Å². The maximum absolute atomic E-state index is 9.62. The average molecular weight is 214 g/mol. The topological polar surface area (TPSA) is 35.5 Å². The molecule has 0 saturated carbocycles. The number of nitrogens with zero attached hydrogens (tertiary/aromatic N) is 1. The van der Waals surface area contributed by atoms with Crippen molar-refractivity contribution >= 4 is 0 Å². The number of piperidine rings is 1. The van der Waals surface area contributed by atoms with Crippen molar-refractivity contribution in [2.24, 2.45) is 0 Å². The molecular weight excluding hydrogens is 188 g/mol. The number of nitrogens with one attached hydrogen (secondary N) is 1. The molecular formula is C12H26N2O. The Hall–Kier alpha value is -0.120. The van der Waals surface area contributed by atoms with E-state index in [9.17, 15) is 5.11 Å². The lowest BCUT2D eigenvalue weighted by molar-refractivity contribution is 0.132. The molecule has 3 unspecified atom stereocenters. The minimum absolute atomic E-state index is 0.162. The fraction of sp³-hybridized carbons (Fsp3) is 1.00. The fourth-order valence-corrected chi connectivity index (χ4v) is 2.21. The van der Waals surface area contributed by atoms with Gasteiger partial charge in [-0.2, -0.15) is 0 Å². The molecule has 0 aromatic heterocycles. The van der Waals surface area contributed by atoms with Crippen LogP contribution in [0.4, 0.5) is 0 Å². The zero-order chi connectivity index (χ0) is 11.3. The second-order valence-electron chi connectivity index (χ2n) is 4.90. The molecule has 1 fully saturated rings. The van der Waals surface area contributed by atoms with Gasteiger partial charge in [0.1, 0.15) is 0 Å². The first kappa shape index (κ1) is 12.9. The number of hydrogen-bond donors (Lipinski definition) is 2. The first-order valence-electron chi connectivity index (χ1n) is 6.25. The third-order valence-electron chi connectivity index (χ3n) is 3.47. The summed E-state index contributed by atoms with van der Waals surface area (Å²) >= 11 is 0. The van der Waals surface area contributed by atoms with E-state index in [1.165, 1.54) is 19.4 Å². The Morgan fingerprint density at radius 2 is 2.27 bits per heavy atom. The summed E-state index contributed by atoms with van der Waals surface area (Å²) in [6.07, 6.45) is 4.22. The second kappa shape index (κ2) is 6.46. The highest BCUT2D eigenvalue weighted by Crippen LogP contribution is 2.15. The molecule has 0 bridgehead atoms. The third-order valence-corrected chi connectivity index (χ3v) is 3.47. The average Bonchev–Trinajstić information content (AvgIpc) is 2.20. The quantitative estimate of drug-likeness (QED) is 0.722. The summed E-state index contributed by atoms with van der Waals surface area (Å²) < 4.78 is 0. The van der Waals surface area contributed by atoms with E-state index in [1.807, 2.05) is 0 Å². The summed E-state index contributed by atoms with van der Waals surface area (Å²) in [6.45, 7) is 6.31. The number of rotatable bonds is 5. The predicted octanol–water partition coefficient (Wildman–Crippen LogP) is 1.22. The van der Waals surface area contributed by atoms with E-state index in [0.717, 1.165) is 19.4 Å². The Morgan fingerprint density at radius 3 is 2.87 bits per heavy atom. The number of aliphatic hydroxyl groups excluding tert-OH is 1. The molecule has 1 heterocycles. The van der Waals surface area contributed by atoms with Crippen LogP contribution in [0.5, 0.6) is 0 Å². The van der Waals surface area contributed by atoms with Gasteiger partial charge >= 0.3 is 0 Å². The highest BCUT2D eigenvalue weighted by Gasteiger charge is 2.22. The lowest BCUT2D eigenvalue weighted by atomic mass is 9.99. The Balaban J connectivity index is 2.16. The van der Waals surface area contributed by atoms with Gasteiger partial charge in [0.25, 0.3) is 0 Å². The lowest BCUT2D eigenvalue weighted by Crippen LogP contribution is -2.47. The van der Waals surface area contributed by atoms with Gasteiger partial charge in [0, 0.05) is 18.6 Å². The molecule has 3 atom stereocenters. The highest BCUT2D eigenvalue weighted by atomic mass is 16.3. The van der Waals surface area contributed by atoms with E-state index in [0.29, 0.717) is 12.1 Å². The molecule has 1 saturated heterocycles. The number of likely N-dealkylation sites (tertiary alicyclic amines) is 1. The summed E-state index contributed by atoms with van der Waals surface area (Å²) in [7, 11) is 2.19. The summed E-state index contributed by atoms with van der Waals surface area (Å²) in [4.78, 5) is 2.40. The normalized spacial score (nSPS) is 30.4. The molecule has 90 valence electrons. The Kier molecular flexibility index (Phi) is 5.58. The molecule has 0 amide bonds. The fourth-order valence-electron chi connectivity index (χ4n) is 2.21. The van der Waals surface area contributed by atoms with Gasteiger partial charge in [-0.05, 0) is 39.8 Å². The molecule has 3 heteroatoms. The third kappa shape index (κ3) is 4.49. The second-order valence-corrected chi connectivity index (χ2v) is 4.90. The van der Waals surface area contributed by atoms with E-state index < -0.39 is 0 Å². The maximum Gasteiger partial charge on any atom is 0.0664 e. The Morgan fingerprint density at radius 1 is 1.53 bits per heavy atom. The van der Waals surface area contributed by atoms with Crippen LogP contribution in [-0.2, 0) is 0 Å². The van der Waals surface area contributed by atoms with E-state index >= 15 is 0 Å². The van der Waals surface area contributed by atoms with Gasteiger partial charge < -0.3 is 15.3 Å². The van der Waals surface area contributed by atoms with Crippen molar-refractivity contribution in [1.29, 1.82) is 0 Å². The molecule has 3 nitrogen and oxygen atoms in total. The van der Waals surface area contributed by atoms with Crippen LogP contribution >= 0.6 is 0 Å². The zero-order valence-corrected chi connectivity index (χ0v) is 10.4. The smallest absolute Gasteiger partial charge is 0.0664 e. The standard InChI is InChI=1S/C12H26N2O/c1-4-5-12(15)9-13-11-6-7-14(3)10(2)8-11/h10-13,15H,4-9H2,1-3H3. The number of hydrogen-bond acceptors (Lipinski definition) is 3. The van der Waals surface area contributed by atoms with E-state index in [1.54, 1.807) is 0 Å². The molecule has 0 aromatic rings. The Labute approximate surface area is 93.9 Å². The van der Waals surface area contributed by atoms with Crippen molar-refractivity contribution < 1.29 is 5.11 Å². The molecule has 1 aliphatic rings. The minimum Gasteiger partial charge on any atom is -0.392 e. The van der Waals surface area contributed by atoms with Crippen LogP contribution in [0, 0.1) is 0 Å². The van der Waals surface area contributed by atoms with Crippen LogP contribution in [0.2, 0.25) is 0 Å². The first-order chi connectivity index (χ1) is 7.13. The first-order valence-corrected chi connectivity index (χ1v) is 6.25. The van der Waals surface area contributed by atoms with Crippen LogP contribution in [0.3, 0.4) is 0 Å². The molecule has 1 aliphatic heterocycles. The Bertz CT molecular complexity index is 175. The molecule has 1 rings (SSSR count). The van der Waals surface area contributed by atoms with Gasteiger partial charge in [-0.15, -0.1) is 0 Å². The van der Waals surface area contributed by atoms with Crippen LogP contribution in [0.15, 0.2) is 0 Å². The summed E-state index contributed by atoms with van der Waals surface area (Å²) in [5, 5.41) is 13.1. The van der Waals surface area contributed by atoms with Crippen LogP contribution in [0.25, 0.3) is 0 Å². The van der Waals surface area contributed by atoms with Gasteiger partial charge in [-0.1, -0.05) is 13.3 Å². The van der Waals surface area contributed by atoms with Gasteiger partial charge in [0.2, 0.25) is 0 Å². The van der Waals surface area contributed by atoms with Crippen LogP contribution < -0.4 is 5.32 Å². The summed E-state index contributed by atoms with van der Waals surface area (Å²) in [5.41, 5.74) is 0. The van der Waals surface area contributed by atoms with Gasteiger partial charge in [-0.3, -0.25) is 0 Å². The molecule has 15 heavy (non-hydrogen) atoms. The largest absolute Gasteiger partial charge is 0.392 e. The van der Waals surface area contributed by atoms with Gasteiger partial charge in [0.15, 0.2) is 0 Å². The molecule has 0 aliphatic carbocycles. The molecule has 2 N–H and O–H groups in total. The van der Waals surface area contributed by atoms with Gasteiger partial charge in [-0.25, -0.2) is 0 Å².